The number of benzene rings is 1. The van der Waals surface area contributed by atoms with E-state index < -0.39 is 11.9 Å². The smallest absolute Gasteiger partial charge is 0.343 e. The maximum atomic E-state index is 12.1. The summed E-state index contributed by atoms with van der Waals surface area (Å²) in [7, 11) is 0. The van der Waals surface area contributed by atoms with Crippen LogP contribution in [0.4, 0.5) is 5.69 Å². The number of aliphatic hydroxyl groups excluding tert-OH is 1. The lowest BCUT2D eigenvalue weighted by Crippen LogP contribution is -2.10. The van der Waals surface area contributed by atoms with E-state index in [-0.39, 0.29) is 45.8 Å². The molecule has 0 radical (unpaired) electrons. The maximum Gasteiger partial charge on any atom is 0.343 e. The molecule has 0 aromatic heterocycles. The fourth-order valence-electron chi connectivity index (χ4n) is 1.73. The van der Waals surface area contributed by atoms with Gasteiger partial charge < -0.3 is 14.6 Å². The van der Waals surface area contributed by atoms with Crippen LogP contribution in [0.3, 0.4) is 0 Å². The van der Waals surface area contributed by atoms with E-state index in [9.17, 15) is 14.7 Å². The molecule has 0 heterocycles. The van der Waals surface area contributed by atoms with Gasteiger partial charge in [0.1, 0.15) is 11.3 Å². The summed E-state index contributed by atoms with van der Waals surface area (Å²) in [6.45, 7) is 5.22. The molecule has 1 rings (SSSR count). The van der Waals surface area contributed by atoms with E-state index in [2.05, 4.69) is 4.99 Å². The molecule has 0 fully saturated rings. The van der Waals surface area contributed by atoms with Gasteiger partial charge in [0.15, 0.2) is 0 Å². The van der Waals surface area contributed by atoms with Crippen LogP contribution in [-0.4, -0.2) is 36.5 Å². The van der Waals surface area contributed by atoms with Crippen molar-refractivity contribution >= 4 is 47.0 Å². The number of aliphatic imine (C=N–C) groups is 1. The zero-order chi connectivity index (χ0) is 19.0. The molecule has 1 N–H and O–H groups in total. The van der Waals surface area contributed by atoms with E-state index in [1.54, 1.807) is 6.92 Å². The highest BCUT2D eigenvalue weighted by Crippen LogP contribution is 2.34. The third-order valence-electron chi connectivity index (χ3n) is 2.93. The Balaban J connectivity index is 3.20. The van der Waals surface area contributed by atoms with Crippen molar-refractivity contribution in [1.82, 2.24) is 0 Å². The molecule has 6 nitrogen and oxygen atoms in total. The SMILES string of the molecule is CCCOC(=O)c1c(Cl)ccc(N=CC(C(=O)OCC)=C(C)O)c1Cl. The molecule has 136 valence electrons. The van der Waals surface area contributed by atoms with Gasteiger partial charge in [0.2, 0.25) is 0 Å². The van der Waals surface area contributed by atoms with Crippen LogP contribution >= 0.6 is 23.2 Å². The maximum absolute atomic E-state index is 12.1. The summed E-state index contributed by atoms with van der Waals surface area (Å²) < 4.78 is 9.88. The summed E-state index contributed by atoms with van der Waals surface area (Å²) in [5.41, 5.74) is 0.0642. The minimum absolute atomic E-state index is 0.00572. The number of ether oxygens (including phenoxy) is 2. The van der Waals surface area contributed by atoms with Gasteiger partial charge in [0, 0.05) is 6.21 Å². The minimum Gasteiger partial charge on any atom is -0.512 e. The van der Waals surface area contributed by atoms with Crippen LogP contribution < -0.4 is 0 Å². The Morgan fingerprint density at radius 1 is 1.24 bits per heavy atom. The zero-order valence-corrected chi connectivity index (χ0v) is 15.6. The highest BCUT2D eigenvalue weighted by atomic mass is 35.5. The number of nitrogens with zero attached hydrogens (tertiary/aromatic N) is 1. The molecule has 1 aromatic carbocycles. The molecule has 0 bridgehead atoms. The van der Waals surface area contributed by atoms with Gasteiger partial charge in [-0.05, 0) is 32.4 Å². The van der Waals surface area contributed by atoms with Crippen LogP contribution in [0.2, 0.25) is 10.0 Å². The van der Waals surface area contributed by atoms with E-state index in [4.69, 9.17) is 32.7 Å². The van der Waals surface area contributed by atoms with Crippen molar-refractivity contribution in [3.05, 3.63) is 39.1 Å². The molecule has 0 saturated heterocycles. The minimum atomic E-state index is -0.723. The molecule has 0 saturated carbocycles. The molecule has 0 aliphatic carbocycles. The highest BCUT2D eigenvalue weighted by Gasteiger charge is 2.19. The second-order valence-corrected chi connectivity index (χ2v) is 5.65. The number of carbonyl (C=O) groups excluding carboxylic acids is 2. The first kappa shape index (κ1) is 21.0. The van der Waals surface area contributed by atoms with E-state index >= 15 is 0 Å². The molecule has 0 spiro atoms. The Morgan fingerprint density at radius 2 is 1.92 bits per heavy atom. The molecule has 0 aliphatic rings. The number of hydrogen-bond donors (Lipinski definition) is 1. The van der Waals surface area contributed by atoms with Crippen LogP contribution in [-0.2, 0) is 14.3 Å². The molecular formula is C17H19Cl2NO5. The largest absolute Gasteiger partial charge is 0.512 e. The fraction of sp³-hybridized carbons (Fsp3) is 0.353. The van der Waals surface area contributed by atoms with Crippen LogP contribution in [0.1, 0.15) is 37.6 Å². The van der Waals surface area contributed by atoms with Gasteiger partial charge in [0.05, 0.1) is 34.5 Å². The number of allylic oxidation sites excluding steroid dienone is 1. The Morgan fingerprint density at radius 3 is 2.48 bits per heavy atom. The third-order valence-corrected chi connectivity index (χ3v) is 3.63. The van der Waals surface area contributed by atoms with Crippen LogP contribution in [0.25, 0.3) is 0 Å². The van der Waals surface area contributed by atoms with E-state index in [0.29, 0.717) is 6.42 Å². The number of carbonyl (C=O) groups is 2. The van der Waals surface area contributed by atoms with Crippen molar-refractivity contribution in [3.8, 4) is 0 Å². The quantitative estimate of drug-likeness (QED) is 0.318. The lowest BCUT2D eigenvalue weighted by molar-refractivity contribution is -0.138. The Kier molecular flexibility index (Phi) is 8.45. The van der Waals surface area contributed by atoms with Crippen LogP contribution in [0.15, 0.2) is 28.5 Å². The average Bonchev–Trinajstić information content (AvgIpc) is 2.55. The van der Waals surface area contributed by atoms with Gasteiger partial charge in [-0.3, -0.25) is 4.99 Å². The van der Waals surface area contributed by atoms with E-state index in [1.165, 1.54) is 19.1 Å². The molecule has 0 atom stereocenters. The summed E-state index contributed by atoms with van der Waals surface area (Å²) >= 11 is 12.2. The molecule has 25 heavy (non-hydrogen) atoms. The summed E-state index contributed by atoms with van der Waals surface area (Å²) in [6.07, 6.45) is 1.77. The summed E-state index contributed by atoms with van der Waals surface area (Å²) in [4.78, 5) is 27.9. The lowest BCUT2D eigenvalue weighted by Gasteiger charge is -2.09. The molecule has 1 aromatic rings. The Bertz CT molecular complexity index is 709. The third kappa shape index (κ3) is 5.76. The number of aliphatic hydroxyl groups is 1. The van der Waals surface area contributed by atoms with Crippen molar-refractivity contribution in [3.63, 3.8) is 0 Å². The van der Waals surface area contributed by atoms with E-state index in [0.717, 1.165) is 6.21 Å². The van der Waals surface area contributed by atoms with Gasteiger partial charge in [-0.15, -0.1) is 0 Å². The topological polar surface area (TPSA) is 85.2 Å². The van der Waals surface area contributed by atoms with Gasteiger partial charge in [-0.25, -0.2) is 9.59 Å². The van der Waals surface area contributed by atoms with Gasteiger partial charge in [-0.1, -0.05) is 30.1 Å². The van der Waals surface area contributed by atoms with Crippen molar-refractivity contribution in [2.75, 3.05) is 13.2 Å². The number of halogens is 2. The zero-order valence-electron chi connectivity index (χ0n) is 14.1. The standard InChI is InChI=1S/C17H19Cl2NO5/c1-4-8-25-17(23)14-12(18)6-7-13(15(14)19)20-9-11(10(3)21)16(22)24-5-2/h6-7,9,21H,4-5,8H2,1-3H3. The van der Waals surface area contributed by atoms with Gasteiger partial charge >= 0.3 is 11.9 Å². The molecule has 0 aliphatic heterocycles. The number of esters is 2. The first-order chi connectivity index (χ1) is 11.8. The second kappa shape index (κ2) is 10.1. The lowest BCUT2D eigenvalue weighted by atomic mass is 10.2. The normalized spacial score (nSPS) is 12.0. The molecular weight excluding hydrogens is 369 g/mol. The van der Waals surface area contributed by atoms with Crippen molar-refractivity contribution in [2.24, 2.45) is 4.99 Å². The van der Waals surface area contributed by atoms with Crippen molar-refractivity contribution in [1.29, 1.82) is 0 Å². The van der Waals surface area contributed by atoms with E-state index in [1.807, 2.05) is 6.92 Å². The summed E-state index contributed by atoms with van der Waals surface area (Å²) in [5, 5.41) is 9.72. The average molecular weight is 388 g/mol. The van der Waals surface area contributed by atoms with Crippen molar-refractivity contribution in [2.45, 2.75) is 27.2 Å². The Hall–Kier alpha value is -2.05. The summed E-state index contributed by atoms with van der Waals surface area (Å²) in [6, 6.07) is 2.93. The first-order valence-corrected chi connectivity index (χ1v) is 8.35. The highest BCUT2D eigenvalue weighted by molar-refractivity contribution is 6.41. The van der Waals surface area contributed by atoms with Crippen LogP contribution in [0, 0.1) is 0 Å². The second-order valence-electron chi connectivity index (χ2n) is 4.87. The predicted octanol–water partition coefficient (Wildman–Crippen LogP) is 4.66. The van der Waals surface area contributed by atoms with Gasteiger partial charge in [0.25, 0.3) is 0 Å². The van der Waals surface area contributed by atoms with Crippen LogP contribution in [0.5, 0.6) is 0 Å². The molecule has 0 unspecified atom stereocenters. The number of hydrogen-bond acceptors (Lipinski definition) is 6. The summed E-state index contributed by atoms with van der Waals surface area (Å²) in [5.74, 6) is -1.64. The first-order valence-electron chi connectivity index (χ1n) is 7.59. The Labute approximate surface area is 156 Å². The molecule has 0 amide bonds. The molecule has 8 heteroatoms. The predicted molar refractivity (Wildman–Crippen MR) is 97.1 cm³/mol. The fourth-order valence-corrected chi connectivity index (χ4v) is 2.31. The van der Waals surface area contributed by atoms with Gasteiger partial charge in [-0.2, -0.15) is 0 Å². The monoisotopic (exact) mass is 387 g/mol. The number of rotatable bonds is 7. The van der Waals surface area contributed by atoms with Crippen molar-refractivity contribution < 1.29 is 24.2 Å².